The van der Waals surface area contributed by atoms with E-state index < -0.39 is 12.4 Å². The van der Waals surface area contributed by atoms with Crippen LogP contribution in [0, 0.1) is 0 Å². The highest BCUT2D eigenvalue weighted by Gasteiger charge is 2.53. The average Bonchev–Trinajstić information content (AvgIpc) is 3.45. The molecular formula is C16H28N2P2S2. The molecule has 1 heterocycles. The van der Waals surface area contributed by atoms with Gasteiger partial charge in [0.05, 0.1) is 0 Å². The van der Waals surface area contributed by atoms with Gasteiger partial charge in [-0.15, -0.1) is 0 Å². The molecule has 6 heteroatoms. The number of nitrogens with zero attached hydrogens (tertiary/aromatic N) is 2. The van der Waals surface area contributed by atoms with Crippen molar-refractivity contribution in [2.75, 3.05) is 26.2 Å². The second kappa shape index (κ2) is 5.36. The van der Waals surface area contributed by atoms with Gasteiger partial charge in [-0.3, -0.25) is 9.34 Å². The maximum absolute atomic E-state index is 6.36. The summed E-state index contributed by atoms with van der Waals surface area (Å²) in [7, 11) is 0. The minimum atomic E-state index is -1.19. The molecule has 0 aromatic heterocycles. The minimum Gasteiger partial charge on any atom is -0.272 e. The van der Waals surface area contributed by atoms with Crippen LogP contribution < -0.4 is 0 Å². The highest BCUT2D eigenvalue weighted by atomic mass is 32.4. The fourth-order valence-electron chi connectivity index (χ4n) is 4.61. The summed E-state index contributed by atoms with van der Waals surface area (Å²) in [5.41, 5.74) is 3.76. The summed E-state index contributed by atoms with van der Waals surface area (Å²) in [6.45, 7) is 5.01. The molecule has 0 radical (unpaired) electrons. The van der Waals surface area contributed by atoms with E-state index in [2.05, 4.69) is 9.34 Å². The molecule has 5 aliphatic rings. The lowest BCUT2D eigenvalue weighted by Gasteiger charge is -2.46. The SMILES string of the molecule is S=P(C1CC1)(C1CC1)N1CCN(P(=S)(C2CC2)C2CC2)CC1. The molecule has 22 heavy (non-hydrogen) atoms. The molecule has 124 valence electrons. The fourth-order valence-corrected chi connectivity index (χ4v) is 16.3. The van der Waals surface area contributed by atoms with Crippen molar-refractivity contribution in [2.45, 2.75) is 74.0 Å². The van der Waals surface area contributed by atoms with E-state index in [1.807, 2.05) is 0 Å². The summed E-state index contributed by atoms with van der Waals surface area (Å²) >= 11 is 12.7. The first-order chi connectivity index (χ1) is 10.6. The van der Waals surface area contributed by atoms with Crippen molar-refractivity contribution in [3.8, 4) is 0 Å². The fraction of sp³-hybridized carbons (Fsp3) is 1.00. The van der Waals surface area contributed by atoms with Gasteiger partial charge in [-0.05, 0) is 51.4 Å². The van der Waals surface area contributed by atoms with Crippen molar-refractivity contribution in [1.82, 2.24) is 9.34 Å². The van der Waals surface area contributed by atoms with Gasteiger partial charge in [-0.2, -0.15) is 0 Å². The van der Waals surface area contributed by atoms with Gasteiger partial charge >= 0.3 is 0 Å². The third-order valence-electron chi connectivity index (χ3n) is 6.40. The molecule has 0 aromatic carbocycles. The van der Waals surface area contributed by atoms with Gasteiger partial charge in [0.25, 0.3) is 0 Å². The quantitative estimate of drug-likeness (QED) is 0.647. The van der Waals surface area contributed by atoms with Crippen LogP contribution in [-0.2, 0) is 23.6 Å². The predicted molar refractivity (Wildman–Crippen MR) is 104 cm³/mol. The molecule has 4 aliphatic carbocycles. The van der Waals surface area contributed by atoms with Crippen molar-refractivity contribution in [3.05, 3.63) is 0 Å². The minimum absolute atomic E-state index is 0.941. The average molecular weight is 374 g/mol. The summed E-state index contributed by atoms with van der Waals surface area (Å²) in [5.74, 6) is 0. The molecule has 0 spiro atoms. The van der Waals surface area contributed by atoms with Gasteiger partial charge in [-0.25, -0.2) is 0 Å². The predicted octanol–water partition coefficient (Wildman–Crippen LogP) is 4.04. The van der Waals surface area contributed by atoms with Gasteiger partial charge in [0.15, 0.2) is 0 Å². The smallest absolute Gasteiger partial charge is 0.0211 e. The molecule has 2 nitrogen and oxygen atoms in total. The first kappa shape index (κ1) is 15.5. The molecule has 0 aromatic rings. The molecule has 0 amide bonds. The number of rotatable bonds is 6. The molecule has 0 N–H and O–H groups in total. The Morgan fingerprint density at radius 1 is 0.500 bits per heavy atom. The van der Waals surface area contributed by atoms with Crippen molar-refractivity contribution in [1.29, 1.82) is 0 Å². The highest BCUT2D eigenvalue weighted by molar-refractivity contribution is 8.14. The summed E-state index contributed by atoms with van der Waals surface area (Å²) < 4.78 is 5.65. The summed E-state index contributed by atoms with van der Waals surface area (Å²) in [5, 5.41) is 0. The second-order valence-electron chi connectivity index (χ2n) is 8.18. The molecule has 5 fully saturated rings. The van der Waals surface area contributed by atoms with Crippen LogP contribution in [0.15, 0.2) is 0 Å². The standard InChI is InChI=1S/C16H28N2P2S2/c21-19(13-1-2-13,14-3-4-14)17-9-11-18(12-10-17)20(22,15-5-6-15)16-7-8-16/h13-16H,1-12H2. The summed E-state index contributed by atoms with van der Waals surface area (Å²) in [6, 6.07) is 0. The van der Waals surface area contributed by atoms with Crippen molar-refractivity contribution >= 4 is 36.0 Å². The van der Waals surface area contributed by atoms with Gasteiger partial charge < -0.3 is 0 Å². The van der Waals surface area contributed by atoms with Crippen molar-refractivity contribution in [2.24, 2.45) is 0 Å². The Morgan fingerprint density at radius 2 is 0.727 bits per heavy atom. The molecule has 0 atom stereocenters. The van der Waals surface area contributed by atoms with Crippen LogP contribution in [0.4, 0.5) is 0 Å². The lowest BCUT2D eigenvalue weighted by atomic mass is 10.4. The molecule has 4 saturated carbocycles. The van der Waals surface area contributed by atoms with Crippen LogP contribution in [0.25, 0.3) is 0 Å². The number of hydrogen-bond donors (Lipinski definition) is 0. The van der Waals surface area contributed by atoms with E-state index in [0.29, 0.717) is 0 Å². The molecular weight excluding hydrogens is 346 g/mol. The van der Waals surface area contributed by atoms with Crippen LogP contribution in [0.2, 0.25) is 0 Å². The largest absolute Gasteiger partial charge is 0.272 e. The van der Waals surface area contributed by atoms with E-state index in [9.17, 15) is 0 Å². The Kier molecular flexibility index (Phi) is 3.77. The lowest BCUT2D eigenvalue weighted by molar-refractivity contribution is 0.290. The number of hydrogen-bond acceptors (Lipinski definition) is 2. The maximum atomic E-state index is 6.36. The summed E-state index contributed by atoms with van der Waals surface area (Å²) in [6.07, 6.45) is 9.14. The summed E-state index contributed by atoms with van der Waals surface area (Å²) in [4.78, 5) is 0. The molecule has 0 bridgehead atoms. The third kappa shape index (κ3) is 2.47. The topological polar surface area (TPSA) is 6.48 Å². The Bertz CT molecular complexity index is 474. The Hall–Kier alpha value is 1.22. The zero-order chi connectivity index (χ0) is 14.9. The first-order valence-corrected chi connectivity index (χ1v) is 15.1. The van der Waals surface area contributed by atoms with Crippen LogP contribution in [0.5, 0.6) is 0 Å². The van der Waals surface area contributed by atoms with E-state index in [-0.39, 0.29) is 0 Å². The van der Waals surface area contributed by atoms with Gasteiger partial charge in [0.2, 0.25) is 0 Å². The Balaban J connectivity index is 1.30. The second-order valence-corrected chi connectivity index (χ2v) is 18.4. The third-order valence-corrected chi connectivity index (χ3v) is 20.2. The van der Waals surface area contributed by atoms with Crippen molar-refractivity contribution in [3.63, 3.8) is 0 Å². The Morgan fingerprint density at radius 3 is 0.909 bits per heavy atom. The molecule has 5 rings (SSSR count). The van der Waals surface area contributed by atoms with Gasteiger partial charge in [0.1, 0.15) is 0 Å². The monoisotopic (exact) mass is 374 g/mol. The zero-order valence-electron chi connectivity index (χ0n) is 13.4. The first-order valence-electron chi connectivity index (χ1n) is 9.33. The normalized spacial score (nSPS) is 32.4. The van der Waals surface area contributed by atoms with E-state index in [1.165, 1.54) is 77.5 Å². The van der Waals surface area contributed by atoms with Crippen LogP contribution in [0.3, 0.4) is 0 Å². The van der Waals surface area contributed by atoms with E-state index in [1.54, 1.807) is 0 Å². The zero-order valence-corrected chi connectivity index (χ0v) is 16.8. The maximum Gasteiger partial charge on any atom is 0.0211 e. The van der Waals surface area contributed by atoms with E-state index in [0.717, 1.165) is 22.6 Å². The van der Waals surface area contributed by atoms with Crippen LogP contribution in [0.1, 0.15) is 51.4 Å². The molecule has 0 unspecified atom stereocenters. The molecule has 1 saturated heterocycles. The van der Waals surface area contributed by atoms with Gasteiger partial charge in [0, 0.05) is 61.2 Å². The number of piperazine rings is 1. The highest BCUT2D eigenvalue weighted by Crippen LogP contribution is 2.75. The van der Waals surface area contributed by atoms with E-state index >= 15 is 0 Å². The Labute approximate surface area is 145 Å². The lowest BCUT2D eigenvalue weighted by Crippen LogP contribution is -2.45. The van der Waals surface area contributed by atoms with Crippen LogP contribution >= 0.6 is 12.4 Å². The van der Waals surface area contributed by atoms with Gasteiger partial charge in [-0.1, -0.05) is 23.6 Å². The van der Waals surface area contributed by atoms with E-state index in [4.69, 9.17) is 23.6 Å². The van der Waals surface area contributed by atoms with Crippen LogP contribution in [-0.4, -0.2) is 58.2 Å². The van der Waals surface area contributed by atoms with Crippen molar-refractivity contribution < 1.29 is 0 Å². The molecule has 1 aliphatic heterocycles.